The van der Waals surface area contributed by atoms with E-state index in [2.05, 4.69) is 25.3 Å². The van der Waals surface area contributed by atoms with Crippen LogP contribution in [0.25, 0.3) is 0 Å². The summed E-state index contributed by atoms with van der Waals surface area (Å²) in [5, 5.41) is 6.58. The van der Waals surface area contributed by atoms with E-state index >= 15 is 0 Å². The molecule has 0 spiro atoms. The summed E-state index contributed by atoms with van der Waals surface area (Å²) < 4.78 is 37.3. The van der Waals surface area contributed by atoms with Crippen LogP contribution >= 0.6 is 11.6 Å². The smallest absolute Gasteiger partial charge is 0.229 e. The van der Waals surface area contributed by atoms with E-state index in [0.717, 1.165) is 29.7 Å². The highest BCUT2D eigenvalue weighted by Gasteiger charge is 2.35. The van der Waals surface area contributed by atoms with Crippen LogP contribution in [0.4, 0.5) is 23.1 Å². The molecule has 0 aliphatic heterocycles. The van der Waals surface area contributed by atoms with Gasteiger partial charge in [-0.2, -0.15) is 4.98 Å². The molecule has 4 rings (SSSR count). The van der Waals surface area contributed by atoms with Crippen molar-refractivity contribution in [1.29, 1.82) is 0 Å². The minimum atomic E-state index is -3.20. The van der Waals surface area contributed by atoms with Gasteiger partial charge in [-0.15, -0.1) is 0 Å². The van der Waals surface area contributed by atoms with Gasteiger partial charge in [0.1, 0.15) is 5.82 Å². The maximum atomic E-state index is 12.0. The molecule has 0 radical (unpaired) electrons. The second-order valence-electron chi connectivity index (χ2n) is 7.93. The van der Waals surface area contributed by atoms with E-state index in [4.69, 9.17) is 21.1 Å². The highest BCUT2D eigenvalue weighted by atomic mass is 35.5. The zero-order chi connectivity index (χ0) is 24.3. The van der Waals surface area contributed by atoms with Crippen molar-refractivity contribution < 1.29 is 17.9 Å². The van der Waals surface area contributed by atoms with E-state index < -0.39 is 10.0 Å². The molecule has 3 aromatic rings. The summed E-state index contributed by atoms with van der Waals surface area (Å²) in [4.78, 5) is 8.91. The molecule has 2 aromatic carbocycles. The van der Waals surface area contributed by atoms with Gasteiger partial charge in [0, 0.05) is 35.7 Å². The Hall–Kier alpha value is -3.08. The van der Waals surface area contributed by atoms with Crippen molar-refractivity contribution in [3.8, 4) is 11.5 Å². The molecule has 34 heavy (non-hydrogen) atoms. The molecule has 1 aliphatic rings. The molecule has 1 heterocycles. The monoisotopic (exact) mass is 503 g/mol. The highest BCUT2D eigenvalue weighted by Crippen LogP contribution is 2.38. The molecule has 1 aliphatic carbocycles. The summed E-state index contributed by atoms with van der Waals surface area (Å²) >= 11 is 6.29. The van der Waals surface area contributed by atoms with Crippen molar-refractivity contribution in [3.63, 3.8) is 0 Å². The molecule has 0 saturated heterocycles. The summed E-state index contributed by atoms with van der Waals surface area (Å²) in [6.45, 7) is 2.17. The summed E-state index contributed by atoms with van der Waals surface area (Å²) in [7, 11) is -0.142. The van der Waals surface area contributed by atoms with Gasteiger partial charge in [0.05, 0.1) is 24.5 Å². The lowest BCUT2D eigenvalue weighted by Crippen LogP contribution is -2.26. The summed E-state index contributed by atoms with van der Waals surface area (Å²) in [5.74, 6) is 1.95. The van der Waals surface area contributed by atoms with Crippen LogP contribution < -0.4 is 24.8 Å². The van der Waals surface area contributed by atoms with E-state index in [9.17, 15) is 8.42 Å². The Bertz CT molecular complexity index is 1280. The number of anilines is 4. The normalized spacial score (nSPS) is 13.4. The van der Waals surface area contributed by atoms with E-state index in [-0.39, 0.29) is 11.8 Å². The number of hydrogen-bond donors (Lipinski definition) is 3. The first-order valence-corrected chi connectivity index (χ1v) is 12.6. The molecule has 0 amide bonds. The topological polar surface area (TPSA) is 114 Å². The molecule has 1 fully saturated rings. The van der Waals surface area contributed by atoms with Crippen molar-refractivity contribution >= 4 is 44.8 Å². The molecule has 1 aromatic heterocycles. The molecule has 0 bridgehead atoms. The van der Waals surface area contributed by atoms with Crippen molar-refractivity contribution in [2.24, 2.45) is 0 Å². The number of aromatic nitrogens is 2. The van der Waals surface area contributed by atoms with E-state index in [1.54, 1.807) is 18.3 Å². The fourth-order valence-electron chi connectivity index (χ4n) is 3.27. The molecule has 3 N–H and O–H groups in total. The van der Waals surface area contributed by atoms with Gasteiger partial charge in [0.15, 0.2) is 11.5 Å². The fourth-order valence-corrected chi connectivity index (χ4v) is 4.92. The number of aryl methyl sites for hydroxylation is 1. The molecule has 9 nitrogen and oxygen atoms in total. The number of benzene rings is 2. The van der Waals surface area contributed by atoms with E-state index in [1.807, 2.05) is 31.2 Å². The number of halogens is 1. The summed E-state index contributed by atoms with van der Waals surface area (Å²) in [6.07, 6.45) is 3.19. The number of nitrogens with zero attached hydrogens (tertiary/aromatic N) is 2. The zero-order valence-corrected chi connectivity index (χ0v) is 20.6. The number of sulfonamides is 1. The first-order valence-electron chi connectivity index (χ1n) is 10.7. The molecule has 1 saturated carbocycles. The molecular weight excluding hydrogens is 478 g/mol. The number of methoxy groups -OCH3 is 2. The average molecular weight is 504 g/mol. The third-order valence-electron chi connectivity index (χ3n) is 5.32. The van der Waals surface area contributed by atoms with Crippen molar-refractivity contribution in [2.45, 2.75) is 31.6 Å². The van der Waals surface area contributed by atoms with Gasteiger partial charge in [0.25, 0.3) is 0 Å². The lowest BCUT2D eigenvalue weighted by Gasteiger charge is -2.14. The quantitative estimate of drug-likeness (QED) is 0.370. The first kappa shape index (κ1) is 24.1. The van der Waals surface area contributed by atoms with Gasteiger partial charge in [-0.25, -0.2) is 18.1 Å². The molecule has 0 atom stereocenters. The average Bonchev–Trinajstić information content (AvgIpc) is 3.67. The Kier molecular flexibility index (Phi) is 7.11. The molecule has 11 heteroatoms. The van der Waals surface area contributed by atoms with Gasteiger partial charge < -0.3 is 20.1 Å². The highest BCUT2D eigenvalue weighted by molar-refractivity contribution is 7.90. The summed E-state index contributed by atoms with van der Waals surface area (Å²) in [6, 6.07) is 11.0. The van der Waals surface area contributed by atoms with Gasteiger partial charge in [0.2, 0.25) is 16.0 Å². The number of rotatable bonds is 10. The van der Waals surface area contributed by atoms with Crippen molar-refractivity contribution in [1.82, 2.24) is 14.7 Å². The molecular formula is C23H26ClN5O4S. The van der Waals surface area contributed by atoms with Crippen LogP contribution in [0.3, 0.4) is 0 Å². The maximum Gasteiger partial charge on any atom is 0.229 e. The lowest BCUT2D eigenvalue weighted by molar-refractivity contribution is 0.355. The second-order valence-corrected chi connectivity index (χ2v) is 10.4. The van der Waals surface area contributed by atoms with Gasteiger partial charge >= 0.3 is 0 Å². The van der Waals surface area contributed by atoms with Crippen LogP contribution in [0, 0.1) is 6.92 Å². The number of hydrogen-bond acceptors (Lipinski definition) is 8. The standard InChI is InChI=1S/C23H26ClN5O4S/c1-14-12-25-23(28-17-10-19(24)21(33-3)20(11-17)32-2)29-22(14)27-16-6-4-15(5-7-16)13-26-34(30,31)18-8-9-18/h4-7,10-12,18,26H,8-9,13H2,1-3H3,(H2,25,27,28,29). The van der Waals surface area contributed by atoms with Gasteiger partial charge in [-0.1, -0.05) is 23.7 Å². The van der Waals surface area contributed by atoms with Crippen LogP contribution in [0.2, 0.25) is 5.02 Å². The molecule has 0 unspecified atom stereocenters. The van der Waals surface area contributed by atoms with Crippen molar-refractivity contribution in [2.75, 3.05) is 24.9 Å². The Balaban J connectivity index is 1.45. The van der Waals surface area contributed by atoms with Gasteiger partial charge in [-0.3, -0.25) is 0 Å². The Morgan fingerprint density at radius 3 is 2.44 bits per heavy atom. The SMILES string of the molecule is COc1cc(Nc2ncc(C)c(Nc3ccc(CNS(=O)(=O)C4CC4)cc3)n2)cc(Cl)c1OC. The van der Waals surface area contributed by atoms with Crippen LogP contribution in [-0.4, -0.2) is 37.9 Å². The predicted molar refractivity (Wildman–Crippen MR) is 133 cm³/mol. The van der Waals surface area contributed by atoms with Crippen LogP contribution in [0.1, 0.15) is 24.0 Å². The van der Waals surface area contributed by atoms with Crippen LogP contribution in [0.5, 0.6) is 11.5 Å². The van der Waals surface area contributed by atoms with Gasteiger partial charge in [-0.05, 0) is 43.5 Å². The minimum absolute atomic E-state index is 0.230. The Labute approximate surface area is 203 Å². The molecule has 180 valence electrons. The fraction of sp³-hybridized carbons (Fsp3) is 0.304. The first-order chi connectivity index (χ1) is 16.3. The number of ether oxygens (including phenoxy) is 2. The Morgan fingerprint density at radius 2 is 1.79 bits per heavy atom. The number of nitrogens with one attached hydrogen (secondary N) is 3. The van der Waals surface area contributed by atoms with Crippen LogP contribution in [0.15, 0.2) is 42.6 Å². The maximum absolute atomic E-state index is 12.0. The predicted octanol–water partition coefficient (Wildman–Crippen LogP) is 4.52. The van der Waals surface area contributed by atoms with Crippen LogP contribution in [-0.2, 0) is 16.6 Å². The van der Waals surface area contributed by atoms with E-state index in [1.165, 1.54) is 14.2 Å². The Morgan fingerprint density at radius 1 is 1.06 bits per heavy atom. The minimum Gasteiger partial charge on any atom is -0.493 e. The third-order valence-corrected chi connectivity index (χ3v) is 7.50. The third kappa shape index (κ3) is 5.69. The van der Waals surface area contributed by atoms with E-state index in [0.29, 0.717) is 34.0 Å². The zero-order valence-electron chi connectivity index (χ0n) is 19.1. The van der Waals surface area contributed by atoms with Crippen molar-refractivity contribution in [3.05, 3.63) is 58.7 Å². The second kappa shape index (κ2) is 10.0. The lowest BCUT2D eigenvalue weighted by atomic mass is 10.2. The summed E-state index contributed by atoms with van der Waals surface area (Å²) in [5.41, 5.74) is 3.20. The largest absolute Gasteiger partial charge is 0.493 e.